The molecule has 2 aromatic rings. The maximum Gasteiger partial charge on any atom is 0.316 e. The van der Waals surface area contributed by atoms with Crippen molar-refractivity contribution < 1.29 is 8.91 Å². The standard InChI is InChI=1S/C8H4FN2O/c9-7-4-2-1-3-6(7)8-10-5-12-11-8/h1-4H. The lowest BCUT2D eigenvalue weighted by atomic mass is 10.2. The number of aromatic nitrogens is 2. The summed E-state index contributed by atoms with van der Waals surface area (Å²) in [5, 5.41) is 3.47. The second-order valence-corrected chi connectivity index (χ2v) is 2.19. The van der Waals surface area contributed by atoms with E-state index < -0.39 is 0 Å². The van der Waals surface area contributed by atoms with Gasteiger partial charge in [0.1, 0.15) is 5.82 Å². The van der Waals surface area contributed by atoms with Crippen molar-refractivity contribution in [1.82, 2.24) is 10.1 Å². The Hall–Kier alpha value is -1.71. The first kappa shape index (κ1) is 6.97. The van der Waals surface area contributed by atoms with E-state index >= 15 is 0 Å². The lowest BCUT2D eigenvalue weighted by Gasteiger charge is -1.93. The van der Waals surface area contributed by atoms with Gasteiger partial charge >= 0.3 is 6.39 Å². The zero-order chi connectivity index (χ0) is 8.39. The summed E-state index contributed by atoms with van der Waals surface area (Å²) in [7, 11) is 0. The summed E-state index contributed by atoms with van der Waals surface area (Å²) in [4.78, 5) is 3.60. The molecule has 0 N–H and O–H groups in total. The van der Waals surface area contributed by atoms with Crippen LogP contribution >= 0.6 is 0 Å². The fraction of sp³-hybridized carbons (Fsp3) is 0. The van der Waals surface area contributed by atoms with Crippen LogP contribution in [0.25, 0.3) is 11.4 Å². The third kappa shape index (κ3) is 1.07. The molecule has 59 valence electrons. The van der Waals surface area contributed by atoms with E-state index in [0.29, 0.717) is 5.56 Å². The predicted octanol–water partition coefficient (Wildman–Crippen LogP) is 1.68. The fourth-order valence-corrected chi connectivity index (χ4v) is 0.900. The first-order valence-corrected chi connectivity index (χ1v) is 3.32. The molecule has 0 bridgehead atoms. The molecule has 2 rings (SSSR count). The fourth-order valence-electron chi connectivity index (χ4n) is 0.900. The van der Waals surface area contributed by atoms with E-state index in [1.165, 1.54) is 6.07 Å². The van der Waals surface area contributed by atoms with Crippen LogP contribution in [0, 0.1) is 12.2 Å². The van der Waals surface area contributed by atoms with Crippen LogP contribution < -0.4 is 0 Å². The van der Waals surface area contributed by atoms with Gasteiger partial charge in [-0.25, -0.2) is 4.39 Å². The normalized spacial score (nSPS) is 10.1. The topological polar surface area (TPSA) is 38.9 Å². The number of benzene rings is 1. The molecule has 0 spiro atoms. The van der Waals surface area contributed by atoms with Gasteiger partial charge in [-0.2, -0.15) is 4.98 Å². The molecule has 0 amide bonds. The van der Waals surface area contributed by atoms with Gasteiger partial charge in [0.05, 0.1) is 5.56 Å². The van der Waals surface area contributed by atoms with Crippen molar-refractivity contribution in [2.45, 2.75) is 0 Å². The van der Waals surface area contributed by atoms with E-state index in [1.54, 1.807) is 18.2 Å². The summed E-state index contributed by atoms with van der Waals surface area (Å²) in [5.74, 6) is -0.152. The van der Waals surface area contributed by atoms with E-state index in [0.717, 1.165) is 0 Å². The molecule has 1 heterocycles. The van der Waals surface area contributed by atoms with E-state index in [9.17, 15) is 4.39 Å². The van der Waals surface area contributed by atoms with Crippen molar-refractivity contribution in [3.63, 3.8) is 0 Å². The lowest BCUT2D eigenvalue weighted by molar-refractivity contribution is 0.411. The number of nitrogens with zero attached hydrogens (tertiary/aromatic N) is 2. The van der Waals surface area contributed by atoms with Gasteiger partial charge in [-0.3, -0.25) is 0 Å². The van der Waals surface area contributed by atoms with Gasteiger partial charge < -0.3 is 4.52 Å². The predicted molar refractivity (Wildman–Crippen MR) is 38.5 cm³/mol. The Bertz CT molecular complexity index is 372. The van der Waals surface area contributed by atoms with Crippen LogP contribution in [0.3, 0.4) is 0 Å². The van der Waals surface area contributed by atoms with Crippen molar-refractivity contribution >= 4 is 0 Å². The van der Waals surface area contributed by atoms with Gasteiger partial charge in [0.15, 0.2) is 0 Å². The van der Waals surface area contributed by atoms with E-state index in [2.05, 4.69) is 21.1 Å². The van der Waals surface area contributed by atoms with Crippen LogP contribution in [-0.4, -0.2) is 10.1 Å². The lowest BCUT2D eigenvalue weighted by Crippen LogP contribution is -1.84. The van der Waals surface area contributed by atoms with Crippen molar-refractivity contribution in [2.75, 3.05) is 0 Å². The summed E-state index contributed by atoms with van der Waals surface area (Å²) in [6.45, 7) is 0. The molecule has 0 fully saturated rings. The number of hydrogen-bond donors (Lipinski definition) is 0. The summed E-state index contributed by atoms with van der Waals surface area (Å²) < 4.78 is 17.4. The highest BCUT2D eigenvalue weighted by Crippen LogP contribution is 2.17. The van der Waals surface area contributed by atoms with Crippen molar-refractivity contribution in [2.24, 2.45) is 0 Å². The Morgan fingerprint density at radius 2 is 2.17 bits per heavy atom. The maximum atomic E-state index is 13.0. The molecule has 0 atom stereocenters. The zero-order valence-electron chi connectivity index (χ0n) is 5.99. The Balaban J connectivity index is 2.55. The van der Waals surface area contributed by atoms with Crippen LogP contribution in [-0.2, 0) is 0 Å². The van der Waals surface area contributed by atoms with Gasteiger partial charge in [-0.1, -0.05) is 17.3 Å². The van der Waals surface area contributed by atoms with Crippen LogP contribution in [0.4, 0.5) is 4.39 Å². The molecule has 3 nitrogen and oxygen atoms in total. The molecule has 12 heavy (non-hydrogen) atoms. The van der Waals surface area contributed by atoms with E-state index in [1.807, 2.05) is 0 Å². The van der Waals surface area contributed by atoms with Gasteiger partial charge in [0.2, 0.25) is 5.82 Å². The Morgan fingerprint density at radius 3 is 2.83 bits per heavy atom. The average molecular weight is 163 g/mol. The van der Waals surface area contributed by atoms with Gasteiger partial charge in [-0.15, -0.1) is 0 Å². The number of halogens is 1. The molecule has 1 aromatic carbocycles. The molecule has 1 aromatic heterocycles. The number of hydrogen-bond acceptors (Lipinski definition) is 3. The zero-order valence-corrected chi connectivity index (χ0v) is 5.99. The Morgan fingerprint density at radius 1 is 1.33 bits per heavy atom. The second-order valence-electron chi connectivity index (χ2n) is 2.19. The molecule has 0 aliphatic rings. The first-order valence-electron chi connectivity index (χ1n) is 3.32. The monoisotopic (exact) mass is 163 g/mol. The smallest absolute Gasteiger partial charge is 0.316 e. The minimum absolute atomic E-state index is 0.216. The Labute approximate surface area is 67.8 Å². The molecule has 0 aliphatic carbocycles. The van der Waals surface area contributed by atoms with E-state index in [4.69, 9.17) is 0 Å². The highest BCUT2D eigenvalue weighted by Gasteiger charge is 2.07. The minimum Gasteiger partial charge on any atom is -0.328 e. The summed E-state index contributed by atoms with van der Waals surface area (Å²) in [6, 6.07) is 6.22. The average Bonchev–Trinajstić information content (AvgIpc) is 2.57. The van der Waals surface area contributed by atoms with Crippen LogP contribution in [0.1, 0.15) is 0 Å². The van der Waals surface area contributed by atoms with Crippen molar-refractivity contribution in [1.29, 1.82) is 0 Å². The van der Waals surface area contributed by atoms with Gasteiger partial charge in [0, 0.05) is 0 Å². The van der Waals surface area contributed by atoms with Crippen molar-refractivity contribution in [3.8, 4) is 11.4 Å². The number of rotatable bonds is 1. The highest BCUT2D eigenvalue weighted by atomic mass is 19.1. The highest BCUT2D eigenvalue weighted by molar-refractivity contribution is 5.54. The van der Waals surface area contributed by atoms with Gasteiger partial charge in [-0.05, 0) is 12.1 Å². The molecule has 0 aliphatic heterocycles. The summed E-state index contributed by atoms with van der Waals surface area (Å²) in [5.41, 5.74) is 0.322. The minimum atomic E-state index is -0.368. The van der Waals surface area contributed by atoms with Crippen LogP contribution in [0.2, 0.25) is 0 Å². The SMILES string of the molecule is Fc1ccccc1-c1n[c]on1. The largest absolute Gasteiger partial charge is 0.328 e. The quantitative estimate of drug-likeness (QED) is 0.641. The maximum absolute atomic E-state index is 13.0. The van der Waals surface area contributed by atoms with Crippen LogP contribution in [0.15, 0.2) is 28.8 Å². The molecule has 1 radical (unpaired) electrons. The Kier molecular flexibility index (Phi) is 1.59. The molecule has 0 saturated heterocycles. The molecule has 0 saturated carbocycles. The van der Waals surface area contributed by atoms with Crippen molar-refractivity contribution in [3.05, 3.63) is 36.5 Å². The summed E-state index contributed by atoms with van der Waals surface area (Å²) in [6.07, 6.45) is 2.15. The van der Waals surface area contributed by atoms with Gasteiger partial charge in [0.25, 0.3) is 0 Å². The van der Waals surface area contributed by atoms with Crippen LogP contribution in [0.5, 0.6) is 0 Å². The second kappa shape index (κ2) is 2.73. The molecule has 4 heteroatoms. The molecular weight excluding hydrogens is 159 g/mol. The van der Waals surface area contributed by atoms with E-state index in [-0.39, 0.29) is 11.6 Å². The first-order chi connectivity index (χ1) is 5.88. The summed E-state index contributed by atoms with van der Waals surface area (Å²) >= 11 is 0. The molecular formula is C8H4FN2O. The third-order valence-corrected chi connectivity index (χ3v) is 1.44. The molecule has 0 unspecified atom stereocenters. The third-order valence-electron chi connectivity index (χ3n) is 1.44.